The molecular weight excluding hydrogens is 273 g/mol. The number of rotatable bonds is 5. The molecule has 0 bridgehead atoms. The average molecular weight is 291 g/mol. The van der Waals surface area contributed by atoms with Gasteiger partial charge in [-0.1, -0.05) is 6.07 Å². The van der Waals surface area contributed by atoms with Crippen LogP contribution in [0.25, 0.3) is 0 Å². The van der Waals surface area contributed by atoms with Gasteiger partial charge in [-0.2, -0.15) is 0 Å². The molecule has 0 radical (unpaired) electrons. The molecule has 2 aromatic carbocycles. The third-order valence-electron chi connectivity index (χ3n) is 3.31. The molecule has 1 atom stereocenters. The van der Waals surface area contributed by atoms with Crippen LogP contribution >= 0.6 is 0 Å². The lowest BCUT2D eigenvalue weighted by Crippen LogP contribution is -2.15. The summed E-state index contributed by atoms with van der Waals surface area (Å²) in [6.45, 7) is 0. The molecule has 0 saturated carbocycles. The smallest absolute Gasteiger partial charge is 0.132 e. The van der Waals surface area contributed by atoms with E-state index in [4.69, 9.17) is 19.9 Å². The van der Waals surface area contributed by atoms with Gasteiger partial charge in [-0.25, -0.2) is 4.39 Å². The van der Waals surface area contributed by atoms with E-state index in [1.807, 2.05) is 0 Å². The van der Waals surface area contributed by atoms with Gasteiger partial charge in [-0.15, -0.1) is 0 Å². The standard InChI is InChI=1S/C16H18FNO3/c1-19-10-5-7-15(21-3)13(8-10)16(18)12-6-4-11(20-2)9-14(12)17/h4-9,16H,18H2,1-3H3. The fraction of sp³-hybridized carbons (Fsp3) is 0.250. The van der Waals surface area contributed by atoms with Crippen LogP contribution in [0.4, 0.5) is 4.39 Å². The van der Waals surface area contributed by atoms with Crippen LogP contribution in [-0.2, 0) is 0 Å². The summed E-state index contributed by atoms with van der Waals surface area (Å²) >= 11 is 0. The highest BCUT2D eigenvalue weighted by Crippen LogP contribution is 2.33. The van der Waals surface area contributed by atoms with Gasteiger partial charge in [-0.05, 0) is 24.3 Å². The minimum Gasteiger partial charge on any atom is -0.497 e. The molecule has 0 saturated heterocycles. The summed E-state index contributed by atoms with van der Waals surface area (Å²) in [4.78, 5) is 0. The molecule has 0 aromatic heterocycles. The third-order valence-corrected chi connectivity index (χ3v) is 3.31. The van der Waals surface area contributed by atoms with Crippen LogP contribution in [0.1, 0.15) is 17.2 Å². The summed E-state index contributed by atoms with van der Waals surface area (Å²) < 4.78 is 29.6. The maximum Gasteiger partial charge on any atom is 0.132 e. The zero-order valence-electron chi connectivity index (χ0n) is 12.2. The number of nitrogens with two attached hydrogens (primary N) is 1. The Balaban J connectivity index is 2.45. The van der Waals surface area contributed by atoms with Crippen molar-refractivity contribution in [1.82, 2.24) is 0 Å². The molecule has 5 heteroatoms. The predicted molar refractivity (Wildman–Crippen MR) is 78.5 cm³/mol. The van der Waals surface area contributed by atoms with E-state index in [9.17, 15) is 4.39 Å². The molecule has 4 nitrogen and oxygen atoms in total. The largest absolute Gasteiger partial charge is 0.497 e. The maximum absolute atomic E-state index is 14.2. The zero-order chi connectivity index (χ0) is 15.4. The molecule has 0 amide bonds. The van der Waals surface area contributed by atoms with Crippen LogP contribution in [0.5, 0.6) is 17.2 Å². The lowest BCUT2D eigenvalue weighted by atomic mass is 9.98. The van der Waals surface area contributed by atoms with E-state index < -0.39 is 11.9 Å². The van der Waals surface area contributed by atoms with E-state index in [1.165, 1.54) is 13.2 Å². The summed E-state index contributed by atoms with van der Waals surface area (Å²) in [6, 6.07) is 9.17. The molecule has 1 unspecified atom stereocenters. The van der Waals surface area contributed by atoms with Crippen molar-refractivity contribution in [2.45, 2.75) is 6.04 Å². The van der Waals surface area contributed by atoms with Crippen molar-refractivity contribution < 1.29 is 18.6 Å². The van der Waals surface area contributed by atoms with Gasteiger partial charge in [0.1, 0.15) is 23.1 Å². The van der Waals surface area contributed by atoms with E-state index in [-0.39, 0.29) is 0 Å². The Labute approximate surface area is 123 Å². The molecule has 0 aliphatic heterocycles. The van der Waals surface area contributed by atoms with Crippen molar-refractivity contribution in [2.75, 3.05) is 21.3 Å². The van der Waals surface area contributed by atoms with E-state index >= 15 is 0 Å². The second kappa shape index (κ2) is 6.45. The van der Waals surface area contributed by atoms with E-state index in [2.05, 4.69) is 0 Å². The van der Waals surface area contributed by atoms with Crippen LogP contribution in [0.15, 0.2) is 36.4 Å². The van der Waals surface area contributed by atoms with Gasteiger partial charge >= 0.3 is 0 Å². The summed E-state index contributed by atoms with van der Waals surface area (Å²) in [5.74, 6) is 1.24. The number of hydrogen-bond acceptors (Lipinski definition) is 4. The maximum atomic E-state index is 14.2. The van der Waals surface area contributed by atoms with Gasteiger partial charge in [-0.3, -0.25) is 0 Å². The summed E-state index contributed by atoms with van der Waals surface area (Å²) in [5.41, 5.74) is 7.21. The van der Waals surface area contributed by atoms with Gasteiger partial charge in [0.15, 0.2) is 0 Å². The predicted octanol–water partition coefficient (Wildman–Crippen LogP) is 2.90. The highest BCUT2D eigenvalue weighted by atomic mass is 19.1. The van der Waals surface area contributed by atoms with Crippen LogP contribution in [0, 0.1) is 5.82 Å². The fourth-order valence-corrected chi connectivity index (χ4v) is 2.14. The monoisotopic (exact) mass is 291 g/mol. The highest BCUT2D eigenvalue weighted by Gasteiger charge is 2.19. The first kappa shape index (κ1) is 15.1. The van der Waals surface area contributed by atoms with Crippen LogP contribution in [-0.4, -0.2) is 21.3 Å². The first-order valence-electron chi connectivity index (χ1n) is 6.41. The quantitative estimate of drug-likeness (QED) is 0.920. The molecule has 0 aliphatic carbocycles. The van der Waals surface area contributed by atoms with Crippen LogP contribution < -0.4 is 19.9 Å². The molecular formula is C16H18FNO3. The number of hydrogen-bond donors (Lipinski definition) is 1. The van der Waals surface area contributed by atoms with Gasteiger partial charge in [0.2, 0.25) is 0 Å². The van der Waals surface area contributed by atoms with Crippen LogP contribution in [0.2, 0.25) is 0 Å². The minimum atomic E-state index is -0.666. The van der Waals surface area contributed by atoms with Crippen molar-refractivity contribution in [3.8, 4) is 17.2 Å². The molecule has 0 fully saturated rings. The van der Waals surface area contributed by atoms with Crippen molar-refractivity contribution >= 4 is 0 Å². The molecule has 2 rings (SSSR count). The zero-order valence-corrected chi connectivity index (χ0v) is 12.2. The molecule has 2 aromatic rings. The Kier molecular flexibility index (Phi) is 4.65. The Bertz CT molecular complexity index is 631. The van der Waals surface area contributed by atoms with E-state index in [0.29, 0.717) is 28.4 Å². The Morgan fingerprint density at radius 1 is 0.857 bits per heavy atom. The SMILES string of the molecule is COc1ccc(C(N)c2cc(OC)ccc2OC)c(F)c1. The molecule has 21 heavy (non-hydrogen) atoms. The molecule has 2 N–H and O–H groups in total. The number of halogens is 1. The summed E-state index contributed by atoms with van der Waals surface area (Å²) in [5, 5.41) is 0. The molecule has 112 valence electrons. The van der Waals surface area contributed by atoms with E-state index in [1.54, 1.807) is 44.6 Å². The minimum absolute atomic E-state index is 0.363. The van der Waals surface area contributed by atoms with Gasteiger partial charge < -0.3 is 19.9 Å². The molecule has 0 spiro atoms. The van der Waals surface area contributed by atoms with Crippen LogP contribution in [0.3, 0.4) is 0 Å². The second-order valence-corrected chi connectivity index (χ2v) is 4.47. The molecule has 0 heterocycles. The fourth-order valence-electron chi connectivity index (χ4n) is 2.14. The average Bonchev–Trinajstić information content (AvgIpc) is 2.53. The second-order valence-electron chi connectivity index (χ2n) is 4.47. The normalized spacial score (nSPS) is 11.9. The highest BCUT2D eigenvalue weighted by molar-refractivity contribution is 5.46. The summed E-state index contributed by atoms with van der Waals surface area (Å²) in [6.07, 6.45) is 0. The van der Waals surface area contributed by atoms with Crippen molar-refractivity contribution in [1.29, 1.82) is 0 Å². The van der Waals surface area contributed by atoms with Crippen molar-refractivity contribution in [3.05, 3.63) is 53.3 Å². The van der Waals surface area contributed by atoms with E-state index in [0.717, 1.165) is 0 Å². The van der Waals surface area contributed by atoms with Gasteiger partial charge in [0.05, 0.1) is 27.4 Å². The lowest BCUT2D eigenvalue weighted by molar-refractivity contribution is 0.396. The topological polar surface area (TPSA) is 53.7 Å². The Morgan fingerprint density at radius 3 is 2.05 bits per heavy atom. The van der Waals surface area contributed by atoms with Crippen molar-refractivity contribution in [3.63, 3.8) is 0 Å². The Hall–Kier alpha value is -2.27. The van der Waals surface area contributed by atoms with Gasteiger partial charge in [0, 0.05) is 17.2 Å². The number of ether oxygens (including phenoxy) is 3. The lowest BCUT2D eigenvalue weighted by Gasteiger charge is -2.18. The first-order chi connectivity index (χ1) is 10.1. The third kappa shape index (κ3) is 3.08. The number of benzene rings is 2. The van der Waals surface area contributed by atoms with Gasteiger partial charge in [0.25, 0.3) is 0 Å². The first-order valence-corrected chi connectivity index (χ1v) is 6.41. The van der Waals surface area contributed by atoms with Crippen molar-refractivity contribution in [2.24, 2.45) is 5.73 Å². The molecule has 0 aliphatic rings. The Morgan fingerprint density at radius 2 is 1.48 bits per heavy atom. The number of methoxy groups -OCH3 is 3. The summed E-state index contributed by atoms with van der Waals surface area (Å²) in [7, 11) is 4.59.